The smallest absolute Gasteiger partial charge is 0.326 e. The van der Waals surface area contributed by atoms with Gasteiger partial charge < -0.3 is 20.8 Å². The van der Waals surface area contributed by atoms with Crippen molar-refractivity contribution in [3.8, 4) is 0 Å². The van der Waals surface area contributed by atoms with E-state index in [-0.39, 0.29) is 12.1 Å². The molecule has 0 unspecified atom stereocenters. The summed E-state index contributed by atoms with van der Waals surface area (Å²) in [6, 6.07) is 7.29. The van der Waals surface area contributed by atoms with Gasteiger partial charge in [0.05, 0.1) is 0 Å². The molecule has 0 saturated heterocycles. The molecule has 24 heavy (non-hydrogen) atoms. The molecule has 0 heterocycles. The summed E-state index contributed by atoms with van der Waals surface area (Å²) in [4.78, 5) is 45.2. The maximum atomic E-state index is 12.2. The van der Waals surface area contributed by atoms with Gasteiger partial charge in [-0.15, -0.1) is 0 Å². The first-order valence-corrected chi connectivity index (χ1v) is 7.09. The first-order chi connectivity index (χ1) is 11.3. The third-order valence-corrected chi connectivity index (χ3v) is 2.92. The first-order valence-electron chi connectivity index (χ1n) is 7.09. The average molecular weight is 334 g/mol. The van der Waals surface area contributed by atoms with Gasteiger partial charge in [0.15, 0.2) is 0 Å². The molecule has 128 valence electrons. The molecule has 2 amide bonds. The van der Waals surface area contributed by atoms with E-state index >= 15 is 0 Å². The summed E-state index contributed by atoms with van der Waals surface area (Å²) in [5, 5.41) is 22.3. The van der Waals surface area contributed by atoms with Crippen molar-refractivity contribution < 1.29 is 29.4 Å². The molecule has 1 atom stereocenters. The number of carboxylic acid groups (broad SMARTS) is 2. The van der Waals surface area contributed by atoms with Crippen molar-refractivity contribution in [3.05, 3.63) is 41.6 Å². The zero-order chi connectivity index (χ0) is 18.1. The van der Waals surface area contributed by atoms with Crippen LogP contribution in [0.1, 0.15) is 25.3 Å². The molecular formula is C16H18N2O6. The van der Waals surface area contributed by atoms with Crippen LogP contribution in [0.15, 0.2) is 36.0 Å². The zero-order valence-corrected chi connectivity index (χ0v) is 13.0. The highest BCUT2D eigenvalue weighted by molar-refractivity contribution is 6.02. The fourth-order valence-corrected chi connectivity index (χ4v) is 1.83. The molecule has 0 fully saturated rings. The highest BCUT2D eigenvalue weighted by Crippen LogP contribution is 2.06. The normalized spacial score (nSPS) is 12.1. The van der Waals surface area contributed by atoms with Gasteiger partial charge in [-0.3, -0.25) is 14.4 Å². The predicted octanol–water partition coefficient (Wildman–Crippen LogP) is 0.598. The first kappa shape index (κ1) is 18.9. The molecule has 4 N–H and O–H groups in total. The molecule has 0 aromatic heterocycles. The van der Waals surface area contributed by atoms with E-state index in [4.69, 9.17) is 10.2 Å². The summed E-state index contributed by atoms with van der Waals surface area (Å²) in [5.41, 5.74) is 0.504. The van der Waals surface area contributed by atoms with Crippen molar-refractivity contribution in [1.29, 1.82) is 0 Å². The van der Waals surface area contributed by atoms with Gasteiger partial charge in [0, 0.05) is 13.3 Å². The van der Waals surface area contributed by atoms with Gasteiger partial charge in [0.2, 0.25) is 5.91 Å². The van der Waals surface area contributed by atoms with Gasteiger partial charge in [-0.05, 0) is 18.1 Å². The van der Waals surface area contributed by atoms with Crippen LogP contribution in [0.2, 0.25) is 0 Å². The third-order valence-electron chi connectivity index (χ3n) is 2.92. The molecule has 8 heteroatoms. The largest absolute Gasteiger partial charge is 0.481 e. The Balaban J connectivity index is 2.94. The minimum Gasteiger partial charge on any atom is -0.481 e. The molecule has 0 bridgehead atoms. The lowest BCUT2D eigenvalue weighted by atomic mass is 10.1. The van der Waals surface area contributed by atoms with E-state index < -0.39 is 36.2 Å². The number of nitrogens with one attached hydrogen (secondary N) is 2. The van der Waals surface area contributed by atoms with Gasteiger partial charge in [0.25, 0.3) is 5.91 Å². The molecule has 0 radical (unpaired) electrons. The van der Waals surface area contributed by atoms with Crippen LogP contribution >= 0.6 is 0 Å². The molecule has 0 aliphatic rings. The molecule has 1 aromatic rings. The molecule has 0 aliphatic heterocycles. The van der Waals surface area contributed by atoms with Crippen molar-refractivity contribution in [3.63, 3.8) is 0 Å². The second kappa shape index (κ2) is 9.09. The second-order valence-corrected chi connectivity index (χ2v) is 4.95. The van der Waals surface area contributed by atoms with Crippen LogP contribution in [0.4, 0.5) is 0 Å². The Hall–Kier alpha value is -3.16. The Morgan fingerprint density at radius 1 is 1.12 bits per heavy atom. The van der Waals surface area contributed by atoms with Crippen LogP contribution in [-0.4, -0.2) is 40.0 Å². The Morgan fingerprint density at radius 3 is 2.25 bits per heavy atom. The maximum absolute atomic E-state index is 12.2. The maximum Gasteiger partial charge on any atom is 0.326 e. The van der Waals surface area contributed by atoms with Crippen LogP contribution < -0.4 is 10.6 Å². The van der Waals surface area contributed by atoms with E-state index in [9.17, 15) is 19.2 Å². The molecule has 0 aliphatic carbocycles. The predicted molar refractivity (Wildman–Crippen MR) is 84.7 cm³/mol. The number of carboxylic acids is 2. The summed E-state index contributed by atoms with van der Waals surface area (Å²) in [6.07, 6.45) is 0.719. The lowest BCUT2D eigenvalue weighted by Crippen LogP contribution is -2.44. The quantitative estimate of drug-likeness (QED) is 0.515. The van der Waals surface area contributed by atoms with Gasteiger partial charge in [0.1, 0.15) is 11.7 Å². The highest BCUT2D eigenvalue weighted by Gasteiger charge is 2.23. The molecule has 8 nitrogen and oxygen atoms in total. The van der Waals surface area contributed by atoms with E-state index in [1.807, 2.05) is 0 Å². The van der Waals surface area contributed by atoms with Crippen molar-refractivity contribution in [2.45, 2.75) is 25.8 Å². The van der Waals surface area contributed by atoms with Crippen LogP contribution in [0, 0.1) is 0 Å². The van der Waals surface area contributed by atoms with Crippen LogP contribution in [-0.2, 0) is 19.2 Å². The summed E-state index contributed by atoms with van der Waals surface area (Å²) < 4.78 is 0. The Labute approximate surface area is 138 Å². The number of carbonyl (C=O) groups excluding carboxylic acids is 2. The monoisotopic (exact) mass is 334 g/mol. The number of benzene rings is 1. The van der Waals surface area contributed by atoms with Crippen LogP contribution in [0.5, 0.6) is 0 Å². The number of hydrogen-bond acceptors (Lipinski definition) is 4. The summed E-state index contributed by atoms with van der Waals surface area (Å²) in [6.45, 7) is 1.21. The van der Waals surface area contributed by atoms with E-state index in [0.717, 1.165) is 0 Å². The number of rotatable bonds is 8. The Kier molecular flexibility index (Phi) is 7.15. The fourth-order valence-electron chi connectivity index (χ4n) is 1.83. The minimum atomic E-state index is -1.37. The van der Waals surface area contributed by atoms with E-state index in [2.05, 4.69) is 10.6 Å². The Morgan fingerprint density at radius 2 is 1.75 bits per heavy atom. The molecular weight excluding hydrogens is 316 g/mol. The van der Waals surface area contributed by atoms with Crippen molar-refractivity contribution in [2.24, 2.45) is 0 Å². The van der Waals surface area contributed by atoms with Gasteiger partial charge in [-0.2, -0.15) is 0 Å². The van der Waals surface area contributed by atoms with E-state index in [1.54, 1.807) is 30.3 Å². The van der Waals surface area contributed by atoms with Crippen molar-refractivity contribution in [1.82, 2.24) is 10.6 Å². The number of hydrogen-bond donors (Lipinski definition) is 4. The van der Waals surface area contributed by atoms with Crippen LogP contribution in [0.3, 0.4) is 0 Å². The minimum absolute atomic E-state index is 0.129. The van der Waals surface area contributed by atoms with Crippen molar-refractivity contribution in [2.75, 3.05) is 0 Å². The molecule has 0 saturated carbocycles. The standard InChI is InChI=1S/C16H18N2O6/c1-10(19)17-13(9-11-5-3-2-4-6-11)15(22)18-12(16(23)24)7-8-14(20)21/h2-6,9,12H,7-8H2,1H3,(H,17,19)(H,18,22)(H,20,21)(H,23,24)/b13-9-/t12-/m0/s1. The number of carbonyl (C=O) groups is 4. The average Bonchev–Trinajstić information content (AvgIpc) is 2.50. The van der Waals surface area contributed by atoms with Gasteiger partial charge >= 0.3 is 11.9 Å². The van der Waals surface area contributed by atoms with Crippen molar-refractivity contribution >= 4 is 29.8 Å². The summed E-state index contributed by atoms with van der Waals surface area (Å²) >= 11 is 0. The summed E-state index contributed by atoms with van der Waals surface area (Å²) in [5.74, 6) is -3.83. The lowest BCUT2D eigenvalue weighted by Gasteiger charge is -2.15. The fraction of sp³-hybridized carbons (Fsp3) is 0.250. The lowest BCUT2D eigenvalue weighted by molar-refractivity contribution is -0.142. The SMILES string of the molecule is CC(=O)N/C(=C\c1ccccc1)C(=O)N[C@@H](CCC(=O)O)C(=O)O. The Bertz CT molecular complexity index is 654. The molecule has 0 spiro atoms. The number of aliphatic carboxylic acids is 2. The molecule has 1 aromatic carbocycles. The topological polar surface area (TPSA) is 133 Å². The highest BCUT2D eigenvalue weighted by atomic mass is 16.4. The molecule has 1 rings (SSSR count). The number of amides is 2. The van der Waals surface area contributed by atoms with Gasteiger partial charge in [-0.1, -0.05) is 30.3 Å². The van der Waals surface area contributed by atoms with Gasteiger partial charge in [-0.25, -0.2) is 4.79 Å². The van der Waals surface area contributed by atoms with E-state index in [1.165, 1.54) is 13.0 Å². The zero-order valence-electron chi connectivity index (χ0n) is 13.0. The summed E-state index contributed by atoms with van der Waals surface area (Å²) in [7, 11) is 0. The van der Waals surface area contributed by atoms with E-state index in [0.29, 0.717) is 5.56 Å². The second-order valence-electron chi connectivity index (χ2n) is 4.95. The van der Waals surface area contributed by atoms with Crippen LogP contribution in [0.25, 0.3) is 6.08 Å². The third kappa shape index (κ3) is 6.73.